The van der Waals surface area contributed by atoms with Gasteiger partial charge in [0.05, 0.1) is 22.6 Å². The first-order valence-electron chi connectivity index (χ1n) is 11.1. The summed E-state index contributed by atoms with van der Waals surface area (Å²) < 4.78 is 33.2. The molecular formula is C25H23ClN4O4S. The molecule has 0 saturated heterocycles. The van der Waals surface area contributed by atoms with Gasteiger partial charge in [0.2, 0.25) is 15.7 Å². The number of pyridine rings is 1. The maximum Gasteiger partial charge on any atom is 0.246 e. The largest absolute Gasteiger partial charge is 0.497 e. The molecule has 0 spiro atoms. The number of halogens is 1. The van der Waals surface area contributed by atoms with E-state index in [9.17, 15) is 13.2 Å². The number of aryl methyl sites for hydroxylation is 1. The molecule has 0 atom stereocenters. The average Bonchev–Trinajstić information content (AvgIpc) is 3.64. The molecule has 1 aliphatic carbocycles. The molecule has 1 N–H and O–H groups in total. The Bertz CT molecular complexity index is 1540. The lowest BCUT2D eigenvalue weighted by atomic mass is 10.1. The molecule has 1 saturated carbocycles. The Kier molecular flexibility index (Phi) is 5.98. The van der Waals surface area contributed by atoms with Gasteiger partial charge in [0.25, 0.3) is 0 Å². The van der Waals surface area contributed by atoms with E-state index in [4.69, 9.17) is 16.3 Å². The molecule has 2 aromatic carbocycles. The van der Waals surface area contributed by atoms with Crippen LogP contribution in [0.15, 0.2) is 64.5 Å². The second-order valence-electron chi connectivity index (χ2n) is 8.52. The van der Waals surface area contributed by atoms with Crippen LogP contribution >= 0.6 is 11.6 Å². The number of aromatic nitrogens is 3. The number of methoxy groups -OCH3 is 1. The van der Waals surface area contributed by atoms with E-state index in [1.54, 1.807) is 16.9 Å². The van der Waals surface area contributed by atoms with Gasteiger partial charge >= 0.3 is 0 Å². The van der Waals surface area contributed by atoms with Crippen molar-refractivity contribution >= 4 is 44.1 Å². The van der Waals surface area contributed by atoms with E-state index in [-0.39, 0.29) is 22.2 Å². The van der Waals surface area contributed by atoms with Crippen LogP contribution in [0.1, 0.15) is 30.0 Å². The number of hydrogen-bond acceptors (Lipinski definition) is 6. The number of rotatable bonds is 7. The third kappa shape index (κ3) is 4.61. The molecule has 1 fully saturated rings. The lowest BCUT2D eigenvalue weighted by Gasteiger charge is -2.12. The lowest BCUT2D eigenvalue weighted by Crippen LogP contribution is -2.20. The zero-order valence-electron chi connectivity index (χ0n) is 19.2. The molecule has 2 aromatic heterocycles. The van der Waals surface area contributed by atoms with Crippen molar-refractivity contribution in [3.05, 3.63) is 71.0 Å². The predicted octanol–water partition coefficient (Wildman–Crippen LogP) is 4.75. The van der Waals surface area contributed by atoms with Gasteiger partial charge in [-0.15, -0.1) is 0 Å². The Morgan fingerprint density at radius 3 is 2.57 bits per heavy atom. The van der Waals surface area contributed by atoms with Gasteiger partial charge in [0.15, 0.2) is 5.65 Å². The summed E-state index contributed by atoms with van der Waals surface area (Å²) in [6, 6.07) is 12.3. The van der Waals surface area contributed by atoms with E-state index in [2.05, 4.69) is 15.4 Å². The van der Waals surface area contributed by atoms with Crippen LogP contribution in [0.2, 0.25) is 5.02 Å². The summed E-state index contributed by atoms with van der Waals surface area (Å²) in [5, 5.41) is 8.74. The van der Waals surface area contributed by atoms with E-state index in [1.807, 2.05) is 13.0 Å². The number of nitrogens with zero attached hydrogens (tertiary/aromatic N) is 3. The van der Waals surface area contributed by atoms with Crippen LogP contribution in [0.25, 0.3) is 11.0 Å². The van der Waals surface area contributed by atoms with Crippen LogP contribution in [-0.2, 0) is 21.2 Å². The number of fused-ring (bicyclic) bond motifs is 1. The highest BCUT2D eigenvalue weighted by Crippen LogP contribution is 2.43. The summed E-state index contributed by atoms with van der Waals surface area (Å²) >= 11 is 5.90. The molecular weight excluding hydrogens is 488 g/mol. The molecule has 4 aromatic rings. The number of amides is 1. The van der Waals surface area contributed by atoms with Crippen LogP contribution in [0.4, 0.5) is 5.69 Å². The highest BCUT2D eigenvalue weighted by molar-refractivity contribution is 7.91. The quantitative estimate of drug-likeness (QED) is 0.385. The van der Waals surface area contributed by atoms with E-state index in [1.165, 1.54) is 49.1 Å². The number of carbonyl (C=O) groups is 1. The van der Waals surface area contributed by atoms with Crippen LogP contribution in [0, 0.1) is 6.92 Å². The maximum atomic E-state index is 13.1. The molecule has 8 nitrogen and oxygen atoms in total. The molecule has 1 aliphatic rings. The van der Waals surface area contributed by atoms with Gasteiger partial charge in [-0.2, -0.15) is 5.10 Å². The minimum Gasteiger partial charge on any atom is -0.497 e. The predicted molar refractivity (Wildman–Crippen MR) is 133 cm³/mol. The highest BCUT2D eigenvalue weighted by atomic mass is 35.5. The summed E-state index contributed by atoms with van der Waals surface area (Å²) in [4.78, 5) is 17.5. The summed E-state index contributed by atoms with van der Waals surface area (Å²) in [6.45, 7) is 1.85. The Morgan fingerprint density at radius 2 is 1.89 bits per heavy atom. The van der Waals surface area contributed by atoms with Crippen molar-refractivity contribution in [2.24, 2.45) is 0 Å². The molecule has 1 amide bonds. The minimum atomic E-state index is -3.86. The molecule has 0 unspecified atom stereocenters. The minimum absolute atomic E-state index is 0.00871. The van der Waals surface area contributed by atoms with Crippen LogP contribution < -0.4 is 10.1 Å². The maximum absolute atomic E-state index is 13.1. The normalized spacial score (nSPS) is 13.7. The highest BCUT2D eigenvalue weighted by Gasteiger charge is 2.28. The third-order valence-corrected chi connectivity index (χ3v) is 7.99. The Morgan fingerprint density at radius 1 is 1.14 bits per heavy atom. The standard InChI is InChI=1S/C25H23ClN4O4S/c1-15-24-22(16-3-4-16)9-10-27-25(24)30(29-15)14-23(31)28-18-11-19(34-2)13-21(12-18)35(32,33)20-7-5-17(26)6-8-20/h5-13,16H,3-4,14H2,1-2H3,(H,28,31). The van der Waals surface area contributed by atoms with Gasteiger partial charge in [-0.3, -0.25) is 4.79 Å². The number of sulfone groups is 1. The summed E-state index contributed by atoms with van der Waals surface area (Å²) in [5.74, 6) is 0.464. The molecule has 2 heterocycles. The zero-order chi connectivity index (χ0) is 24.7. The first kappa shape index (κ1) is 23.3. The van der Waals surface area contributed by atoms with E-state index < -0.39 is 9.84 Å². The molecule has 10 heteroatoms. The SMILES string of the molecule is COc1cc(NC(=O)Cn2nc(C)c3c(C4CC4)ccnc32)cc(S(=O)(=O)c2ccc(Cl)cc2)c1. The monoisotopic (exact) mass is 510 g/mol. The van der Waals surface area contributed by atoms with Gasteiger partial charge in [-0.05, 0) is 73.7 Å². The molecule has 35 heavy (non-hydrogen) atoms. The zero-order valence-corrected chi connectivity index (χ0v) is 20.7. The fraction of sp³-hybridized carbons (Fsp3) is 0.240. The second kappa shape index (κ2) is 8.98. The van der Waals surface area contributed by atoms with Crippen LogP contribution in [-0.4, -0.2) is 36.2 Å². The van der Waals surface area contributed by atoms with E-state index in [0.29, 0.717) is 28.0 Å². The summed E-state index contributed by atoms with van der Waals surface area (Å²) in [5.41, 5.74) is 3.02. The van der Waals surface area contributed by atoms with Gasteiger partial charge in [-0.25, -0.2) is 18.1 Å². The molecule has 0 radical (unpaired) electrons. The fourth-order valence-electron chi connectivity index (χ4n) is 4.16. The van der Waals surface area contributed by atoms with E-state index >= 15 is 0 Å². The lowest BCUT2D eigenvalue weighted by molar-refractivity contribution is -0.116. The van der Waals surface area contributed by atoms with Crippen molar-refractivity contribution in [2.75, 3.05) is 12.4 Å². The van der Waals surface area contributed by atoms with Gasteiger partial charge in [-0.1, -0.05) is 11.6 Å². The number of ether oxygens (including phenoxy) is 1. The molecule has 5 rings (SSSR count). The van der Waals surface area contributed by atoms with E-state index in [0.717, 1.165) is 23.9 Å². The van der Waals surface area contributed by atoms with Gasteiger partial charge in [0, 0.05) is 28.4 Å². The van der Waals surface area contributed by atoms with Crippen molar-refractivity contribution in [1.29, 1.82) is 0 Å². The third-order valence-electron chi connectivity index (χ3n) is 5.98. The van der Waals surface area contributed by atoms with Crippen molar-refractivity contribution in [1.82, 2.24) is 14.8 Å². The van der Waals surface area contributed by atoms with Crippen molar-refractivity contribution < 1.29 is 17.9 Å². The number of carbonyl (C=O) groups excluding carboxylic acids is 1. The first-order chi connectivity index (χ1) is 16.8. The number of hydrogen-bond donors (Lipinski definition) is 1. The second-order valence-corrected chi connectivity index (χ2v) is 10.9. The topological polar surface area (TPSA) is 103 Å². The van der Waals surface area contributed by atoms with Crippen molar-refractivity contribution in [3.63, 3.8) is 0 Å². The van der Waals surface area contributed by atoms with Crippen molar-refractivity contribution in [2.45, 2.75) is 42.0 Å². The molecule has 0 aliphatic heterocycles. The number of anilines is 1. The van der Waals surface area contributed by atoms with Gasteiger partial charge < -0.3 is 10.1 Å². The molecule has 180 valence electrons. The van der Waals surface area contributed by atoms with Gasteiger partial charge in [0.1, 0.15) is 12.3 Å². The summed E-state index contributed by atoms with van der Waals surface area (Å²) in [6.07, 6.45) is 4.06. The average molecular weight is 511 g/mol. The number of benzene rings is 2. The number of nitrogens with one attached hydrogen (secondary N) is 1. The first-order valence-corrected chi connectivity index (χ1v) is 12.9. The molecule has 0 bridgehead atoms. The Labute approximate surface area is 207 Å². The van der Waals surface area contributed by atoms with Crippen molar-refractivity contribution in [3.8, 4) is 5.75 Å². The smallest absolute Gasteiger partial charge is 0.246 e. The summed E-state index contributed by atoms with van der Waals surface area (Å²) in [7, 11) is -2.42. The fourth-order valence-corrected chi connectivity index (χ4v) is 5.60. The van der Waals surface area contributed by atoms with Crippen LogP contribution in [0.3, 0.4) is 0 Å². The van der Waals surface area contributed by atoms with Crippen LogP contribution in [0.5, 0.6) is 5.75 Å². The Balaban J connectivity index is 1.42. The Hall–Kier alpha value is -3.43.